The first-order valence-corrected chi connectivity index (χ1v) is 11.7. The van der Waals surface area contributed by atoms with Gasteiger partial charge < -0.3 is 9.47 Å². The number of unbranched alkanes of at least 4 members (excludes halogenated alkanes) is 1. The number of methoxy groups -OCH3 is 1. The van der Waals surface area contributed by atoms with E-state index in [1.807, 2.05) is 18.2 Å². The van der Waals surface area contributed by atoms with Crippen molar-refractivity contribution in [1.82, 2.24) is 0 Å². The molecule has 4 nitrogen and oxygen atoms in total. The molecule has 0 heterocycles. The van der Waals surface area contributed by atoms with E-state index in [0.29, 0.717) is 22.1 Å². The molecular weight excluding hydrogens is 422 g/mol. The van der Waals surface area contributed by atoms with Gasteiger partial charge in [0.1, 0.15) is 0 Å². The van der Waals surface area contributed by atoms with Gasteiger partial charge in [0.25, 0.3) is 0 Å². The Bertz CT molecular complexity index is 983. The lowest BCUT2D eigenvalue weighted by molar-refractivity contribution is -0.140. The van der Waals surface area contributed by atoms with Gasteiger partial charge in [-0.25, -0.2) is 0 Å². The number of hydrogen-bond acceptors (Lipinski definition) is 4. The molecule has 0 atom stereocenters. The average Bonchev–Trinajstić information content (AvgIpc) is 2.82. The van der Waals surface area contributed by atoms with Crippen molar-refractivity contribution in [2.24, 2.45) is 11.8 Å². The first-order valence-electron chi connectivity index (χ1n) is 11.3. The SMILES string of the molecule is CCCCC1CCC(C(=O)Oc2ccc(/C=C(/C#N)c3ccc(Cl)cc3)cc2OC)CC1. The lowest BCUT2D eigenvalue weighted by Gasteiger charge is -2.27. The van der Waals surface area contributed by atoms with Crippen LogP contribution in [-0.2, 0) is 4.79 Å². The van der Waals surface area contributed by atoms with Crippen LogP contribution < -0.4 is 9.47 Å². The van der Waals surface area contributed by atoms with Crippen molar-refractivity contribution >= 4 is 29.2 Å². The Labute approximate surface area is 195 Å². The monoisotopic (exact) mass is 451 g/mol. The van der Waals surface area contributed by atoms with E-state index in [2.05, 4.69) is 13.0 Å². The molecule has 1 aliphatic carbocycles. The molecule has 0 N–H and O–H groups in total. The van der Waals surface area contributed by atoms with Crippen LogP contribution in [0.3, 0.4) is 0 Å². The summed E-state index contributed by atoms with van der Waals surface area (Å²) in [5.41, 5.74) is 2.07. The third-order valence-electron chi connectivity index (χ3n) is 6.13. The van der Waals surface area contributed by atoms with Crippen molar-refractivity contribution in [3.05, 3.63) is 58.6 Å². The maximum atomic E-state index is 12.7. The number of carbonyl (C=O) groups excluding carboxylic acids is 1. The van der Waals surface area contributed by atoms with E-state index in [1.165, 1.54) is 19.3 Å². The van der Waals surface area contributed by atoms with Crippen molar-refractivity contribution in [2.45, 2.75) is 51.9 Å². The van der Waals surface area contributed by atoms with Crippen LogP contribution in [0.4, 0.5) is 0 Å². The highest BCUT2D eigenvalue weighted by atomic mass is 35.5. The second-order valence-corrected chi connectivity index (χ2v) is 8.80. The van der Waals surface area contributed by atoms with Gasteiger partial charge in [-0.1, -0.05) is 56.0 Å². The molecule has 5 heteroatoms. The standard InChI is InChI=1S/C27H30ClNO3/c1-3-4-5-19-6-9-22(10-7-19)27(30)32-25-15-8-20(17-26(25)31-2)16-23(18-29)21-11-13-24(28)14-12-21/h8,11-17,19,22H,3-7,9-10H2,1-2H3/b23-16-. The van der Waals surface area contributed by atoms with Crippen LogP contribution >= 0.6 is 11.6 Å². The molecule has 0 unspecified atom stereocenters. The number of allylic oxidation sites excluding steroid dienone is 1. The van der Waals surface area contributed by atoms with Crippen LogP contribution in [-0.4, -0.2) is 13.1 Å². The molecular formula is C27H30ClNO3. The van der Waals surface area contributed by atoms with Crippen LogP contribution in [0.2, 0.25) is 5.02 Å². The zero-order valence-corrected chi connectivity index (χ0v) is 19.5. The second kappa shape index (κ2) is 11.7. The predicted molar refractivity (Wildman–Crippen MR) is 129 cm³/mol. The Morgan fingerprint density at radius 2 is 1.84 bits per heavy atom. The van der Waals surface area contributed by atoms with Crippen LogP contribution in [0.1, 0.15) is 63.0 Å². The topological polar surface area (TPSA) is 59.3 Å². The Morgan fingerprint density at radius 1 is 1.12 bits per heavy atom. The zero-order chi connectivity index (χ0) is 22.9. The van der Waals surface area contributed by atoms with Crippen molar-refractivity contribution < 1.29 is 14.3 Å². The lowest BCUT2D eigenvalue weighted by Crippen LogP contribution is -2.25. The van der Waals surface area contributed by atoms with Crippen LogP contribution in [0.15, 0.2) is 42.5 Å². The first-order chi connectivity index (χ1) is 15.5. The second-order valence-electron chi connectivity index (χ2n) is 8.37. The molecule has 168 valence electrons. The zero-order valence-electron chi connectivity index (χ0n) is 18.8. The fourth-order valence-corrected chi connectivity index (χ4v) is 4.33. The van der Waals surface area contributed by atoms with E-state index in [1.54, 1.807) is 37.5 Å². The molecule has 32 heavy (non-hydrogen) atoms. The number of nitrogens with zero attached hydrogens (tertiary/aromatic N) is 1. The summed E-state index contributed by atoms with van der Waals surface area (Å²) in [6.45, 7) is 2.22. The average molecular weight is 452 g/mol. The summed E-state index contributed by atoms with van der Waals surface area (Å²) < 4.78 is 11.2. The number of ether oxygens (including phenoxy) is 2. The van der Waals surface area contributed by atoms with Gasteiger partial charge in [-0.05, 0) is 73.1 Å². The first kappa shape index (κ1) is 23.9. The lowest BCUT2D eigenvalue weighted by atomic mass is 9.80. The molecule has 0 spiro atoms. The van der Waals surface area contributed by atoms with Gasteiger partial charge in [0.2, 0.25) is 0 Å². The fourth-order valence-electron chi connectivity index (χ4n) is 4.21. The molecule has 0 radical (unpaired) electrons. The number of nitriles is 1. The number of rotatable bonds is 8. The Balaban J connectivity index is 1.68. The summed E-state index contributed by atoms with van der Waals surface area (Å²) >= 11 is 5.94. The Morgan fingerprint density at radius 3 is 2.47 bits per heavy atom. The summed E-state index contributed by atoms with van der Waals surface area (Å²) in [7, 11) is 1.55. The van der Waals surface area contributed by atoms with Crippen molar-refractivity contribution in [3.8, 4) is 17.6 Å². The highest BCUT2D eigenvalue weighted by Crippen LogP contribution is 2.35. The summed E-state index contributed by atoms with van der Waals surface area (Å²) in [4.78, 5) is 12.7. The summed E-state index contributed by atoms with van der Waals surface area (Å²) in [6.07, 6.45) is 9.51. The van der Waals surface area contributed by atoms with Crippen LogP contribution in [0.25, 0.3) is 11.6 Å². The Kier molecular flexibility index (Phi) is 8.76. The van der Waals surface area contributed by atoms with Crippen molar-refractivity contribution in [3.63, 3.8) is 0 Å². The summed E-state index contributed by atoms with van der Waals surface area (Å²) in [6, 6.07) is 14.7. The molecule has 1 saturated carbocycles. The van der Waals surface area contributed by atoms with Crippen molar-refractivity contribution in [2.75, 3.05) is 7.11 Å². The minimum Gasteiger partial charge on any atom is -0.493 e. The van der Waals surface area contributed by atoms with Crippen molar-refractivity contribution in [1.29, 1.82) is 5.26 Å². The van der Waals surface area contributed by atoms with E-state index >= 15 is 0 Å². The van der Waals surface area contributed by atoms with E-state index in [0.717, 1.165) is 42.7 Å². The molecule has 1 aliphatic rings. The number of benzene rings is 2. The van der Waals surface area contributed by atoms with E-state index < -0.39 is 0 Å². The van der Waals surface area contributed by atoms with E-state index in [9.17, 15) is 10.1 Å². The fraction of sp³-hybridized carbons (Fsp3) is 0.407. The molecule has 0 saturated heterocycles. The van der Waals surface area contributed by atoms with Gasteiger partial charge in [-0.15, -0.1) is 0 Å². The minimum absolute atomic E-state index is 0.0488. The molecule has 0 aromatic heterocycles. The predicted octanol–water partition coefficient (Wildman–Crippen LogP) is 7.31. The quantitative estimate of drug-likeness (QED) is 0.182. The van der Waals surface area contributed by atoms with Gasteiger partial charge in [0.15, 0.2) is 11.5 Å². The molecule has 0 aliphatic heterocycles. The normalized spacial score (nSPS) is 18.6. The minimum atomic E-state index is -0.181. The maximum Gasteiger partial charge on any atom is 0.314 e. The third-order valence-corrected chi connectivity index (χ3v) is 6.38. The molecule has 2 aromatic carbocycles. The van der Waals surface area contributed by atoms with Gasteiger partial charge in [0.05, 0.1) is 24.7 Å². The molecule has 0 bridgehead atoms. The van der Waals surface area contributed by atoms with Gasteiger partial charge >= 0.3 is 5.97 Å². The highest BCUT2D eigenvalue weighted by Gasteiger charge is 2.28. The molecule has 0 amide bonds. The van der Waals surface area contributed by atoms with E-state index in [-0.39, 0.29) is 11.9 Å². The van der Waals surface area contributed by atoms with Gasteiger partial charge in [-0.3, -0.25) is 4.79 Å². The van der Waals surface area contributed by atoms with Crippen LogP contribution in [0.5, 0.6) is 11.5 Å². The Hall–Kier alpha value is -2.77. The number of hydrogen-bond donors (Lipinski definition) is 0. The highest BCUT2D eigenvalue weighted by molar-refractivity contribution is 6.30. The smallest absolute Gasteiger partial charge is 0.314 e. The van der Waals surface area contributed by atoms with Gasteiger partial charge in [-0.2, -0.15) is 5.26 Å². The largest absolute Gasteiger partial charge is 0.493 e. The number of halogens is 1. The number of esters is 1. The maximum absolute atomic E-state index is 12.7. The molecule has 2 aromatic rings. The third kappa shape index (κ3) is 6.37. The summed E-state index contributed by atoms with van der Waals surface area (Å²) in [5.74, 6) is 1.39. The van der Waals surface area contributed by atoms with Crippen LogP contribution in [0, 0.1) is 23.2 Å². The molecule has 1 fully saturated rings. The van der Waals surface area contributed by atoms with Gasteiger partial charge in [0, 0.05) is 5.02 Å². The molecule has 3 rings (SSSR count). The summed E-state index contributed by atoms with van der Waals surface area (Å²) in [5, 5.41) is 10.2. The number of carbonyl (C=O) groups is 1. The van der Waals surface area contributed by atoms with E-state index in [4.69, 9.17) is 21.1 Å².